The maximum Gasteiger partial charge on any atom is 0.119 e. The first-order valence-electron chi connectivity index (χ1n) is 5.65. The van der Waals surface area contributed by atoms with Crippen LogP contribution < -0.4 is 10.1 Å². The lowest BCUT2D eigenvalue weighted by atomic mass is 10.1. The first kappa shape index (κ1) is 11.0. The molecule has 1 aromatic carbocycles. The van der Waals surface area contributed by atoms with Crippen LogP contribution in [0.1, 0.15) is 12.8 Å². The van der Waals surface area contributed by atoms with Gasteiger partial charge in [0.05, 0.1) is 6.61 Å². The van der Waals surface area contributed by atoms with Gasteiger partial charge in [0.1, 0.15) is 11.5 Å². The molecule has 0 saturated heterocycles. The fourth-order valence-corrected chi connectivity index (χ4v) is 1.74. The Kier molecular flexibility index (Phi) is 3.83. The van der Waals surface area contributed by atoms with Crippen LogP contribution >= 0.6 is 0 Å². The van der Waals surface area contributed by atoms with Crippen molar-refractivity contribution in [3.8, 4) is 11.5 Å². The zero-order chi connectivity index (χ0) is 11.2. The Morgan fingerprint density at radius 1 is 1.25 bits per heavy atom. The summed E-state index contributed by atoms with van der Waals surface area (Å²) in [5.41, 5.74) is 1.47. The van der Waals surface area contributed by atoms with Crippen molar-refractivity contribution in [2.45, 2.75) is 12.8 Å². The molecule has 3 nitrogen and oxygen atoms in total. The lowest BCUT2D eigenvalue weighted by Crippen LogP contribution is -2.21. The molecule has 1 aliphatic rings. The van der Waals surface area contributed by atoms with Crippen molar-refractivity contribution in [2.75, 3.05) is 19.7 Å². The molecule has 2 N–H and O–H groups in total. The van der Waals surface area contributed by atoms with E-state index in [1.54, 1.807) is 24.3 Å². The zero-order valence-electron chi connectivity index (χ0n) is 9.28. The zero-order valence-corrected chi connectivity index (χ0v) is 9.28. The van der Waals surface area contributed by atoms with Crippen LogP contribution in [-0.4, -0.2) is 24.8 Å². The second-order valence-corrected chi connectivity index (χ2v) is 3.91. The number of nitrogens with one attached hydrogen (secondary N) is 1. The number of aromatic hydroxyl groups is 1. The molecule has 16 heavy (non-hydrogen) atoms. The van der Waals surface area contributed by atoms with Gasteiger partial charge in [0.25, 0.3) is 0 Å². The van der Waals surface area contributed by atoms with Crippen molar-refractivity contribution in [3.05, 3.63) is 35.9 Å². The molecule has 1 heterocycles. The van der Waals surface area contributed by atoms with Gasteiger partial charge in [0, 0.05) is 13.0 Å². The van der Waals surface area contributed by atoms with Crippen molar-refractivity contribution in [3.63, 3.8) is 0 Å². The van der Waals surface area contributed by atoms with E-state index in [-0.39, 0.29) is 5.75 Å². The number of ether oxygens (including phenoxy) is 1. The number of hydrogen-bond donors (Lipinski definition) is 2. The second-order valence-electron chi connectivity index (χ2n) is 3.91. The molecular weight excluding hydrogens is 202 g/mol. The van der Waals surface area contributed by atoms with Crippen molar-refractivity contribution < 1.29 is 9.84 Å². The molecule has 0 bridgehead atoms. The van der Waals surface area contributed by atoms with E-state index in [1.165, 1.54) is 5.57 Å². The van der Waals surface area contributed by atoms with E-state index in [0.29, 0.717) is 6.61 Å². The highest BCUT2D eigenvalue weighted by atomic mass is 16.5. The molecule has 0 radical (unpaired) electrons. The Morgan fingerprint density at radius 2 is 2.06 bits per heavy atom. The van der Waals surface area contributed by atoms with Gasteiger partial charge in [-0.2, -0.15) is 0 Å². The molecule has 0 atom stereocenters. The van der Waals surface area contributed by atoms with Gasteiger partial charge in [-0.1, -0.05) is 11.6 Å². The summed E-state index contributed by atoms with van der Waals surface area (Å²) in [6.45, 7) is 2.76. The summed E-state index contributed by atoms with van der Waals surface area (Å²) in [7, 11) is 0. The van der Waals surface area contributed by atoms with E-state index in [2.05, 4.69) is 11.4 Å². The highest BCUT2D eigenvalue weighted by Crippen LogP contribution is 2.17. The molecule has 2 rings (SSSR count). The normalized spacial score (nSPS) is 15.6. The Morgan fingerprint density at radius 3 is 2.75 bits per heavy atom. The molecule has 0 unspecified atom stereocenters. The summed E-state index contributed by atoms with van der Waals surface area (Å²) in [6, 6.07) is 6.84. The Hall–Kier alpha value is -1.48. The molecule has 3 heteroatoms. The largest absolute Gasteiger partial charge is 0.508 e. The molecule has 0 amide bonds. The van der Waals surface area contributed by atoms with Gasteiger partial charge in [0.15, 0.2) is 0 Å². The molecule has 1 aliphatic heterocycles. The van der Waals surface area contributed by atoms with E-state index in [0.717, 1.165) is 31.7 Å². The highest BCUT2D eigenvalue weighted by Gasteiger charge is 2.02. The first-order chi connectivity index (χ1) is 7.84. The predicted molar refractivity (Wildman–Crippen MR) is 63.8 cm³/mol. The van der Waals surface area contributed by atoms with Crippen LogP contribution in [0.3, 0.4) is 0 Å². The molecule has 0 spiro atoms. The van der Waals surface area contributed by atoms with Crippen LogP contribution in [0.5, 0.6) is 11.5 Å². The van der Waals surface area contributed by atoms with E-state index in [9.17, 15) is 0 Å². The van der Waals surface area contributed by atoms with Crippen molar-refractivity contribution in [1.82, 2.24) is 5.32 Å². The average Bonchev–Trinajstić information content (AvgIpc) is 2.33. The van der Waals surface area contributed by atoms with Gasteiger partial charge in [-0.05, 0) is 37.2 Å². The Balaban J connectivity index is 1.75. The average molecular weight is 219 g/mol. The summed E-state index contributed by atoms with van der Waals surface area (Å²) in [6.07, 6.45) is 4.35. The van der Waals surface area contributed by atoms with Gasteiger partial charge in [0.2, 0.25) is 0 Å². The molecule has 1 aromatic rings. The Bertz CT molecular complexity index is 357. The molecule has 0 aromatic heterocycles. The van der Waals surface area contributed by atoms with E-state index >= 15 is 0 Å². The number of benzene rings is 1. The Labute approximate surface area is 95.7 Å². The van der Waals surface area contributed by atoms with Crippen LogP contribution in [0.4, 0.5) is 0 Å². The van der Waals surface area contributed by atoms with Crippen LogP contribution in [0.15, 0.2) is 35.9 Å². The summed E-state index contributed by atoms with van der Waals surface area (Å²) in [5.74, 6) is 1.08. The standard InChI is InChI=1S/C13H17NO2/c15-12-1-3-13(4-2-12)16-10-7-11-5-8-14-9-6-11/h1-5,14-15H,6-10H2. The topological polar surface area (TPSA) is 41.5 Å². The predicted octanol–water partition coefficient (Wildman–Crippen LogP) is 2.08. The third kappa shape index (κ3) is 3.28. The van der Waals surface area contributed by atoms with Gasteiger partial charge in [-0.15, -0.1) is 0 Å². The summed E-state index contributed by atoms with van der Waals surface area (Å²) in [4.78, 5) is 0. The fraction of sp³-hybridized carbons (Fsp3) is 0.385. The molecule has 86 valence electrons. The smallest absolute Gasteiger partial charge is 0.119 e. The van der Waals surface area contributed by atoms with E-state index in [1.807, 2.05) is 0 Å². The van der Waals surface area contributed by atoms with Gasteiger partial charge < -0.3 is 15.2 Å². The quantitative estimate of drug-likeness (QED) is 0.762. The number of phenolic OH excluding ortho intramolecular Hbond substituents is 1. The van der Waals surface area contributed by atoms with Gasteiger partial charge in [-0.3, -0.25) is 0 Å². The SMILES string of the molecule is Oc1ccc(OCCC2=CCNCC2)cc1. The maximum atomic E-state index is 9.11. The number of rotatable bonds is 4. The number of hydrogen-bond acceptors (Lipinski definition) is 3. The molecule has 0 saturated carbocycles. The highest BCUT2D eigenvalue weighted by molar-refractivity contribution is 5.30. The van der Waals surface area contributed by atoms with E-state index in [4.69, 9.17) is 9.84 Å². The van der Waals surface area contributed by atoms with Crippen LogP contribution in [-0.2, 0) is 0 Å². The maximum absolute atomic E-state index is 9.11. The summed E-state index contributed by atoms with van der Waals surface area (Å²) in [5, 5.41) is 12.4. The van der Waals surface area contributed by atoms with Gasteiger partial charge >= 0.3 is 0 Å². The van der Waals surface area contributed by atoms with Gasteiger partial charge in [-0.25, -0.2) is 0 Å². The van der Waals surface area contributed by atoms with E-state index < -0.39 is 0 Å². The lowest BCUT2D eigenvalue weighted by Gasteiger charge is -2.14. The minimum absolute atomic E-state index is 0.272. The van der Waals surface area contributed by atoms with Crippen LogP contribution in [0, 0.1) is 0 Å². The molecule has 0 fully saturated rings. The van der Waals surface area contributed by atoms with Crippen LogP contribution in [0.2, 0.25) is 0 Å². The summed E-state index contributed by atoms with van der Waals surface area (Å²) >= 11 is 0. The van der Waals surface area contributed by atoms with Crippen molar-refractivity contribution in [2.24, 2.45) is 0 Å². The van der Waals surface area contributed by atoms with Crippen LogP contribution in [0.25, 0.3) is 0 Å². The summed E-state index contributed by atoms with van der Waals surface area (Å²) < 4.78 is 5.59. The minimum Gasteiger partial charge on any atom is -0.508 e. The third-order valence-electron chi connectivity index (χ3n) is 2.69. The van der Waals surface area contributed by atoms with Crippen molar-refractivity contribution in [1.29, 1.82) is 0 Å². The second kappa shape index (κ2) is 5.56. The molecular formula is C13H17NO2. The molecule has 0 aliphatic carbocycles. The number of phenols is 1. The van der Waals surface area contributed by atoms with Crippen molar-refractivity contribution >= 4 is 0 Å². The first-order valence-corrected chi connectivity index (χ1v) is 5.65. The third-order valence-corrected chi connectivity index (χ3v) is 2.69. The monoisotopic (exact) mass is 219 g/mol. The fourth-order valence-electron chi connectivity index (χ4n) is 1.74. The lowest BCUT2D eigenvalue weighted by molar-refractivity contribution is 0.318. The minimum atomic E-state index is 0.272.